The number of sulfonamides is 1. The minimum Gasteiger partial charge on any atom is -0.293 e. The van der Waals surface area contributed by atoms with E-state index < -0.39 is 15.6 Å². The molecule has 1 N–H and O–H groups in total. The van der Waals surface area contributed by atoms with Gasteiger partial charge in [0.2, 0.25) is 21.9 Å². The Morgan fingerprint density at radius 1 is 1.15 bits per heavy atom. The number of carbonyl (C=O) groups excluding carboxylic acids is 1. The zero-order valence-corrected chi connectivity index (χ0v) is 22.3. The molecule has 0 atom stereocenters. The molecule has 200 valence electrons. The third kappa shape index (κ3) is 4.68. The molecule has 3 aromatic heterocycles. The molecule has 1 amide bonds. The second-order valence-electron chi connectivity index (χ2n) is 10.3. The van der Waals surface area contributed by atoms with Crippen LogP contribution in [0.25, 0.3) is 16.9 Å². The maximum Gasteiger partial charge on any atom is 0.249 e. The summed E-state index contributed by atoms with van der Waals surface area (Å²) in [5, 5.41) is 21.6. The minimum atomic E-state index is -3.62. The summed E-state index contributed by atoms with van der Waals surface area (Å²) in [5.74, 6) is 0.244. The van der Waals surface area contributed by atoms with Crippen molar-refractivity contribution in [1.29, 1.82) is 5.26 Å². The number of hydrogen-bond donors (Lipinski definition) is 1. The number of amides is 1. The first-order valence-corrected chi connectivity index (χ1v) is 14.4. The van der Waals surface area contributed by atoms with E-state index in [-0.39, 0.29) is 42.2 Å². The number of nitrogens with one attached hydrogen (secondary N) is 1. The van der Waals surface area contributed by atoms with Crippen molar-refractivity contribution in [1.82, 2.24) is 28.7 Å². The molecular formula is C27H28N8O3S. The van der Waals surface area contributed by atoms with Crippen LogP contribution in [0.4, 0.5) is 5.95 Å². The second kappa shape index (κ2) is 9.59. The molecule has 6 rings (SSSR count). The smallest absolute Gasteiger partial charge is 0.249 e. The van der Waals surface area contributed by atoms with Crippen LogP contribution >= 0.6 is 0 Å². The van der Waals surface area contributed by atoms with Crippen LogP contribution in [0.2, 0.25) is 0 Å². The average Bonchev–Trinajstić information content (AvgIpc) is 3.52. The first kappa shape index (κ1) is 25.2. The third-order valence-electron chi connectivity index (χ3n) is 7.63. The summed E-state index contributed by atoms with van der Waals surface area (Å²) in [7, 11) is -3.62. The number of aryl methyl sites for hydroxylation is 1. The summed E-state index contributed by atoms with van der Waals surface area (Å²) in [6.07, 6.45) is 6.49. The average molecular weight is 545 g/mol. The van der Waals surface area contributed by atoms with E-state index in [1.165, 1.54) is 4.31 Å². The van der Waals surface area contributed by atoms with E-state index >= 15 is 0 Å². The Labute approximate surface area is 226 Å². The summed E-state index contributed by atoms with van der Waals surface area (Å²) in [5.41, 5.74) is 2.47. The van der Waals surface area contributed by atoms with Crippen LogP contribution in [0.1, 0.15) is 37.7 Å². The van der Waals surface area contributed by atoms with E-state index in [4.69, 9.17) is 0 Å². The number of nitriles is 1. The molecule has 2 fully saturated rings. The molecule has 12 heteroatoms. The van der Waals surface area contributed by atoms with Gasteiger partial charge in [-0.05, 0) is 56.9 Å². The van der Waals surface area contributed by atoms with Crippen molar-refractivity contribution >= 4 is 27.5 Å². The Morgan fingerprint density at radius 3 is 2.59 bits per heavy atom. The predicted octanol–water partition coefficient (Wildman–Crippen LogP) is 3.34. The quantitative estimate of drug-likeness (QED) is 0.376. The van der Waals surface area contributed by atoms with E-state index in [0.29, 0.717) is 18.5 Å². The predicted molar refractivity (Wildman–Crippen MR) is 143 cm³/mol. The molecule has 1 saturated heterocycles. The summed E-state index contributed by atoms with van der Waals surface area (Å²) >= 11 is 0. The highest BCUT2D eigenvalue weighted by molar-refractivity contribution is 7.89. The molecule has 2 aliphatic rings. The second-order valence-corrected chi connectivity index (χ2v) is 12.3. The van der Waals surface area contributed by atoms with Gasteiger partial charge in [-0.15, -0.1) is 5.10 Å². The lowest BCUT2D eigenvalue weighted by Crippen LogP contribution is -2.48. The van der Waals surface area contributed by atoms with Crippen LogP contribution < -0.4 is 5.32 Å². The maximum absolute atomic E-state index is 13.2. The standard InChI is InChI=1S/C27H28N8O3S/c1-19-5-9-22(10-6-19)39(37,38)33-15-12-27(11-14-28,13-16-33)34-18-21(17-29-34)23-3-2-4-24-30-26(32-35(23)24)31-25(36)20-7-8-20/h2-6,9-10,17-18,20H,7-8,11-13,15-16H2,1H3,(H,31,32,36). The normalized spacial score (nSPS) is 17.6. The molecule has 0 bridgehead atoms. The third-order valence-corrected chi connectivity index (χ3v) is 9.54. The highest BCUT2D eigenvalue weighted by Gasteiger charge is 2.40. The number of benzene rings is 1. The highest BCUT2D eigenvalue weighted by Crippen LogP contribution is 2.36. The van der Waals surface area contributed by atoms with Crippen LogP contribution in [-0.2, 0) is 20.4 Å². The fourth-order valence-electron chi connectivity index (χ4n) is 5.09. The lowest BCUT2D eigenvalue weighted by molar-refractivity contribution is -0.117. The van der Waals surface area contributed by atoms with Crippen LogP contribution in [0.3, 0.4) is 0 Å². The molecule has 0 unspecified atom stereocenters. The first-order valence-electron chi connectivity index (χ1n) is 13.0. The van der Waals surface area contributed by atoms with E-state index in [1.54, 1.807) is 39.7 Å². The van der Waals surface area contributed by atoms with Crippen molar-refractivity contribution in [2.24, 2.45) is 5.92 Å². The van der Waals surface area contributed by atoms with E-state index in [2.05, 4.69) is 26.6 Å². The Hall–Kier alpha value is -4.08. The number of pyridine rings is 1. The van der Waals surface area contributed by atoms with E-state index in [0.717, 1.165) is 29.7 Å². The molecule has 1 aliphatic heterocycles. The summed E-state index contributed by atoms with van der Waals surface area (Å²) in [6.45, 7) is 2.49. The molecule has 0 spiro atoms. The summed E-state index contributed by atoms with van der Waals surface area (Å²) in [6, 6.07) is 14.7. The van der Waals surface area contributed by atoms with Gasteiger partial charge in [0.15, 0.2) is 5.65 Å². The number of aromatic nitrogens is 5. The van der Waals surface area contributed by atoms with Crippen molar-refractivity contribution in [3.63, 3.8) is 0 Å². The Kier molecular flexibility index (Phi) is 6.20. The van der Waals surface area contributed by atoms with Gasteiger partial charge >= 0.3 is 0 Å². The molecule has 4 heterocycles. The van der Waals surface area contributed by atoms with Gasteiger partial charge in [0.25, 0.3) is 0 Å². The zero-order chi connectivity index (χ0) is 27.2. The Morgan fingerprint density at radius 2 is 1.90 bits per heavy atom. The molecule has 1 aromatic carbocycles. The number of hydrogen-bond acceptors (Lipinski definition) is 7. The zero-order valence-electron chi connectivity index (χ0n) is 21.5. The van der Waals surface area contributed by atoms with Gasteiger partial charge < -0.3 is 0 Å². The largest absolute Gasteiger partial charge is 0.293 e. The molecule has 1 saturated carbocycles. The first-order chi connectivity index (χ1) is 18.8. The lowest BCUT2D eigenvalue weighted by atomic mass is 9.85. The van der Waals surface area contributed by atoms with Crippen LogP contribution in [0, 0.1) is 24.2 Å². The molecule has 39 heavy (non-hydrogen) atoms. The fraction of sp³-hybridized carbons (Fsp3) is 0.370. The number of fused-ring (bicyclic) bond motifs is 1. The molecule has 1 aliphatic carbocycles. The van der Waals surface area contributed by atoms with Crippen molar-refractivity contribution in [2.45, 2.75) is 49.5 Å². The highest BCUT2D eigenvalue weighted by atomic mass is 32.2. The molecule has 0 radical (unpaired) electrons. The van der Waals surface area contributed by atoms with Crippen LogP contribution in [0.5, 0.6) is 0 Å². The fourth-order valence-corrected chi connectivity index (χ4v) is 6.53. The van der Waals surface area contributed by atoms with Gasteiger partial charge in [-0.2, -0.15) is 19.6 Å². The Balaban J connectivity index is 1.25. The molecule has 4 aromatic rings. The van der Waals surface area contributed by atoms with Crippen molar-refractivity contribution in [3.8, 4) is 17.3 Å². The molecule has 11 nitrogen and oxygen atoms in total. The van der Waals surface area contributed by atoms with E-state index in [9.17, 15) is 18.5 Å². The summed E-state index contributed by atoms with van der Waals surface area (Å²) in [4.78, 5) is 16.9. The van der Waals surface area contributed by atoms with E-state index in [1.807, 2.05) is 31.3 Å². The number of nitrogens with zero attached hydrogens (tertiary/aromatic N) is 7. The van der Waals surface area contributed by atoms with Gasteiger partial charge in [-0.1, -0.05) is 23.8 Å². The maximum atomic E-state index is 13.2. The summed E-state index contributed by atoms with van der Waals surface area (Å²) < 4.78 is 31.4. The van der Waals surface area contributed by atoms with Crippen molar-refractivity contribution < 1.29 is 13.2 Å². The lowest BCUT2D eigenvalue weighted by Gasteiger charge is -2.40. The number of rotatable bonds is 7. The van der Waals surface area contributed by atoms with Crippen molar-refractivity contribution in [3.05, 3.63) is 60.4 Å². The number of piperidine rings is 1. The van der Waals surface area contributed by atoms with Gasteiger partial charge in [-0.25, -0.2) is 12.9 Å². The monoisotopic (exact) mass is 544 g/mol. The van der Waals surface area contributed by atoms with Gasteiger partial charge in [0, 0.05) is 30.8 Å². The van der Waals surface area contributed by atoms with Gasteiger partial charge in [-0.3, -0.25) is 14.8 Å². The van der Waals surface area contributed by atoms with Crippen LogP contribution in [-0.4, -0.2) is 56.1 Å². The van der Waals surface area contributed by atoms with Crippen molar-refractivity contribution in [2.75, 3.05) is 18.4 Å². The van der Waals surface area contributed by atoms with Gasteiger partial charge in [0.1, 0.15) is 0 Å². The van der Waals surface area contributed by atoms with Gasteiger partial charge in [0.05, 0.1) is 34.8 Å². The Bertz CT molecular complexity index is 1690. The number of carbonyl (C=O) groups is 1. The van der Waals surface area contributed by atoms with Crippen LogP contribution in [0.15, 0.2) is 59.8 Å². The SMILES string of the molecule is Cc1ccc(S(=O)(=O)N2CCC(CC#N)(n3cc(-c4cccc5nc(NC(=O)C6CC6)nn45)cn3)CC2)cc1. The number of anilines is 1. The molecular weight excluding hydrogens is 516 g/mol. The minimum absolute atomic E-state index is 0.0453. The topological polar surface area (TPSA) is 138 Å².